The summed E-state index contributed by atoms with van der Waals surface area (Å²) < 4.78 is 12.3. The van der Waals surface area contributed by atoms with Crippen LogP contribution >= 0.6 is 0 Å². The Hall–Kier alpha value is -0.340. The summed E-state index contributed by atoms with van der Waals surface area (Å²) in [6, 6.07) is 0. The van der Waals surface area contributed by atoms with Gasteiger partial charge in [-0.2, -0.15) is 0 Å². The van der Waals surface area contributed by atoms with Crippen molar-refractivity contribution in [1.82, 2.24) is 0 Å². The van der Waals surface area contributed by atoms with Crippen LogP contribution in [0.5, 0.6) is 0 Å². The van der Waals surface area contributed by atoms with Gasteiger partial charge in [-0.25, -0.2) is 0 Å². The van der Waals surface area contributed by atoms with Crippen molar-refractivity contribution in [2.75, 3.05) is 13.2 Å². The minimum Gasteiger partial charge on any atom is -0.347 e. The maximum atomic E-state index is 6.16. The SMILES string of the molecule is C=C1CC23CCCCC12C1(CCC3)OCCO1. The van der Waals surface area contributed by atoms with E-state index < -0.39 is 0 Å². The van der Waals surface area contributed by atoms with Crippen molar-refractivity contribution in [3.63, 3.8) is 0 Å². The summed E-state index contributed by atoms with van der Waals surface area (Å²) in [5.41, 5.74) is 2.11. The molecule has 2 atom stereocenters. The van der Waals surface area contributed by atoms with E-state index in [1.54, 1.807) is 0 Å². The van der Waals surface area contributed by atoms with Gasteiger partial charge in [0.1, 0.15) is 0 Å². The number of rotatable bonds is 0. The maximum absolute atomic E-state index is 6.16. The Morgan fingerprint density at radius 3 is 2.35 bits per heavy atom. The average molecular weight is 234 g/mol. The van der Waals surface area contributed by atoms with Gasteiger partial charge < -0.3 is 9.47 Å². The summed E-state index contributed by atoms with van der Waals surface area (Å²) in [5, 5.41) is 0. The van der Waals surface area contributed by atoms with Crippen LogP contribution < -0.4 is 0 Å². The molecule has 0 bridgehead atoms. The molecular formula is C15H22O2. The van der Waals surface area contributed by atoms with Gasteiger partial charge in [0.25, 0.3) is 0 Å². The molecule has 4 fully saturated rings. The van der Waals surface area contributed by atoms with Crippen molar-refractivity contribution in [3.05, 3.63) is 12.2 Å². The first kappa shape index (κ1) is 10.6. The predicted molar refractivity (Wildman–Crippen MR) is 65.6 cm³/mol. The first-order valence-corrected chi connectivity index (χ1v) is 7.21. The monoisotopic (exact) mass is 234 g/mol. The van der Waals surface area contributed by atoms with Gasteiger partial charge >= 0.3 is 0 Å². The van der Waals surface area contributed by atoms with E-state index in [-0.39, 0.29) is 11.2 Å². The van der Waals surface area contributed by atoms with Gasteiger partial charge in [0.05, 0.1) is 18.6 Å². The van der Waals surface area contributed by atoms with Crippen LogP contribution in [0.2, 0.25) is 0 Å². The molecule has 0 radical (unpaired) electrons. The van der Waals surface area contributed by atoms with E-state index in [2.05, 4.69) is 6.58 Å². The molecule has 2 nitrogen and oxygen atoms in total. The minimum atomic E-state index is -0.277. The lowest BCUT2D eigenvalue weighted by Gasteiger charge is -2.71. The van der Waals surface area contributed by atoms with Crippen LogP contribution in [0.15, 0.2) is 12.2 Å². The summed E-state index contributed by atoms with van der Waals surface area (Å²) in [6.07, 6.45) is 10.3. The van der Waals surface area contributed by atoms with E-state index in [9.17, 15) is 0 Å². The van der Waals surface area contributed by atoms with Crippen LogP contribution in [0.3, 0.4) is 0 Å². The van der Waals surface area contributed by atoms with Crippen molar-refractivity contribution in [3.8, 4) is 0 Å². The van der Waals surface area contributed by atoms with Gasteiger partial charge in [-0.3, -0.25) is 0 Å². The van der Waals surface area contributed by atoms with E-state index >= 15 is 0 Å². The Morgan fingerprint density at radius 2 is 1.59 bits per heavy atom. The van der Waals surface area contributed by atoms with Crippen LogP contribution in [-0.4, -0.2) is 19.0 Å². The quantitative estimate of drug-likeness (QED) is 0.598. The standard InChI is InChI=1S/C15H22O2/c1-12-11-13-5-2-3-7-14(12,13)15(8-4-6-13)16-9-10-17-15/h1-11H2. The Morgan fingerprint density at radius 1 is 0.882 bits per heavy atom. The van der Waals surface area contributed by atoms with Gasteiger partial charge in [-0.1, -0.05) is 25.0 Å². The largest absolute Gasteiger partial charge is 0.347 e. The van der Waals surface area contributed by atoms with E-state index in [1.807, 2.05) is 0 Å². The summed E-state index contributed by atoms with van der Waals surface area (Å²) >= 11 is 0. The second-order valence-electron chi connectivity index (χ2n) is 6.48. The predicted octanol–water partition coefficient (Wildman–Crippen LogP) is 3.42. The lowest BCUT2D eigenvalue weighted by atomic mass is 9.35. The molecule has 0 aromatic rings. The molecule has 4 aliphatic rings. The van der Waals surface area contributed by atoms with Gasteiger partial charge in [0.15, 0.2) is 5.79 Å². The molecule has 17 heavy (non-hydrogen) atoms. The second-order valence-corrected chi connectivity index (χ2v) is 6.48. The fraction of sp³-hybridized carbons (Fsp3) is 0.867. The molecule has 4 rings (SSSR count). The third kappa shape index (κ3) is 0.978. The van der Waals surface area contributed by atoms with Crippen LogP contribution in [-0.2, 0) is 9.47 Å². The first-order chi connectivity index (χ1) is 8.25. The molecule has 1 heterocycles. The zero-order valence-electron chi connectivity index (χ0n) is 10.6. The average Bonchev–Trinajstić information content (AvgIpc) is 2.77. The van der Waals surface area contributed by atoms with Gasteiger partial charge in [0, 0.05) is 6.42 Å². The van der Waals surface area contributed by atoms with E-state index in [1.165, 1.54) is 50.5 Å². The van der Waals surface area contributed by atoms with Gasteiger partial charge in [-0.05, 0) is 37.5 Å². The highest BCUT2D eigenvalue weighted by atomic mass is 16.7. The first-order valence-electron chi connectivity index (χ1n) is 7.21. The molecule has 0 aromatic carbocycles. The number of hydrogen-bond donors (Lipinski definition) is 0. The van der Waals surface area contributed by atoms with Crippen LogP contribution in [0.4, 0.5) is 0 Å². The van der Waals surface area contributed by atoms with Crippen molar-refractivity contribution in [2.45, 2.75) is 57.2 Å². The van der Waals surface area contributed by atoms with Crippen molar-refractivity contribution < 1.29 is 9.47 Å². The van der Waals surface area contributed by atoms with Crippen LogP contribution in [0, 0.1) is 10.8 Å². The van der Waals surface area contributed by atoms with Crippen molar-refractivity contribution in [2.24, 2.45) is 10.8 Å². The molecule has 0 N–H and O–H groups in total. The van der Waals surface area contributed by atoms with Gasteiger partial charge in [0.2, 0.25) is 0 Å². The lowest BCUT2D eigenvalue weighted by molar-refractivity contribution is -0.317. The molecule has 3 aliphatic carbocycles. The van der Waals surface area contributed by atoms with Crippen molar-refractivity contribution in [1.29, 1.82) is 0 Å². The highest BCUT2D eigenvalue weighted by molar-refractivity contribution is 5.36. The second kappa shape index (κ2) is 3.16. The normalized spacial score (nSPS) is 47.4. The molecule has 0 aromatic heterocycles. The molecule has 0 amide bonds. The van der Waals surface area contributed by atoms with E-state index in [0.29, 0.717) is 5.41 Å². The Kier molecular flexibility index (Phi) is 1.96. The maximum Gasteiger partial charge on any atom is 0.178 e. The third-order valence-electron chi connectivity index (χ3n) is 6.08. The molecule has 2 heteroatoms. The molecule has 1 spiro atoms. The topological polar surface area (TPSA) is 18.5 Å². The highest BCUT2D eigenvalue weighted by Gasteiger charge is 2.74. The zero-order chi connectivity index (χ0) is 11.6. The molecule has 94 valence electrons. The molecule has 1 saturated heterocycles. The zero-order valence-corrected chi connectivity index (χ0v) is 10.6. The molecular weight excluding hydrogens is 212 g/mol. The Balaban J connectivity index is 1.84. The molecule has 3 saturated carbocycles. The number of hydrogen-bond acceptors (Lipinski definition) is 2. The minimum absolute atomic E-state index is 0.188. The summed E-state index contributed by atoms with van der Waals surface area (Å²) in [7, 11) is 0. The van der Waals surface area contributed by atoms with Crippen LogP contribution in [0.25, 0.3) is 0 Å². The third-order valence-corrected chi connectivity index (χ3v) is 6.08. The van der Waals surface area contributed by atoms with Crippen molar-refractivity contribution >= 4 is 0 Å². The Labute approximate surface area is 103 Å². The summed E-state index contributed by atoms with van der Waals surface area (Å²) in [4.78, 5) is 0. The Bertz CT molecular complexity index is 365. The smallest absolute Gasteiger partial charge is 0.178 e. The molecule has 1 aliphatic heterocycles. The van der Waals surface area contributed by atoms with E-state index in [0.717, 1.165) is 19.6 Å². The summed E-state index contributed by atoms with van der Waals surface area (Å²) in [5.74, 6) is -0.277. The highest BCUT2D eigenvalue weighted by Crippen LogP contribution is 2.77. The summed E-state index contributed by atoms with van der Waals surface area (Å²) in [6.45, 7) is 5.94. The van der Waals surface area contributed by atoms with Crippen LogP contribution in [0.1, 0.15) is 51.4 Å². The number of ether oxygens (including phenoxy) is 2. The van der Waals surface area contributed by atoms with Gasteiger partial charge in [-0.15, -0.1) is 0 Å². The van der Waals surface area contributed by atoms with E-state index in [4.69, 9.17) is 9.47 Å². The molecule has 2 unspecified atom stereocenters. The fourth-order valence-electron chi connectivity index (χ4n) is 5.58. The fourth-order valence-corrected chi connectivity index (χ4v) is 5.58. The lowest BCUT2D eigenvalue weighted by Crippen LogP contribution is -2.69.